The van der Waals surface area contributed by atoms with Gasteiger partial charge in [-0.15, -0.1) is 12.4 Å². The van der Waals surface area contributed by atoms with Crippen LogP contribution in [0.15, 0.2) is 18.2 Å². The molecule has 0 aromatic heterocycles. The molecule has 0 saturated heterocycles. The molecule has 0 spiro atoms. The van der Waals surface area contributed by atoms with Gasteiger partial charge in [0.05, 0.1) is 12.3 Å². The molecule has 0 aliphatic rings. The fourth-order valence-electron chi connectivity index (χ4n) is 1.50. The van der Waals surface area contributed by atoms with Crippen LogP contribution >= 0.6 is 12.4 Å². The summed E-state index contributed by atoms with van der Waals surface area (Å²) in [4.78, 5) is 11.6. The first-order valence-electron chi connectivity index (χ1n) is 5.81. The number of nitrogens with two attached hydrogens (primary N) is 1. The number of anilines is 1. The first-order chi connectivity index (χ1) is 8.02. The Bertz CT molecular complexity index is 395. The van der Waals surface area contributed by atoms with Crippen LogP contribution in [0, 0.1) is 6.92 Å². The third-order valence-electron chi connectivity index (χ3n) is 2.22. The van der Waals surface area contributed by atoms with E-state index in [1.807, 2.05) is 32.0 Å². The predicted octanol–water partition coefficient (Wildman–Crippen LogP) is 2.49. The van der Waals surface area contributed by atoms with Gasteiger partial charge in [-0.2, -0.15) is 0 Å². The standard InChI is InChI=1S/C13H20N2O2.ClH/c1-4-17-12-7-9(2)5-6-11(12)15-13(16)8-10(3)14;/h5-7,10H,4,8,14H2,1-3H3,(H,15,16);1H. The van der Waals surface area contributed by atoms with Crippen LogP contribution in [0.25, 0.3) is 0 Å². The average Bonchev–Trinajstić information content (AvgIpc) is 2.21. The summed E-state index contributed by atoms with van der Waals surface area (Å²) in [7, 11) is 0. The average molecular weight is 273 g/mol. The molecule has 18 heavy (non-hydrogen) atoms. The molecular weight excluding hydrogens is 252 g/mol. The molecule has 1 unspecified atom stereocenters. The van der Waals surface area contributed by atoms with Gasteiger partial charge in [-0.25, -0.2) is 0 Å². The Morgan fingerprint density at radius 3 is 2.72 bits per heavy atom. The van der Waals surface area contributed by atoms with Crippen molar-refractivity contribution < 1.29 is 9.53 Å². The molecule has 3 N–H and O–H groups in total. The molecule has 0 heterocycles. The molecule has 1 aromatic rings. The highest BCUT2D eigenvalue weighted by atomic mass is 35.5. The zero-order valence-corrected chi connectivity index (χ0v) is 11.8. The SMILES string of the molecule is CCOc1cc(C)ccc1NC(=O)CC(C)N.Cl. The Balaban J connectivity index is 0.00000289. The summed E-state index contributed by atoms with van der Waals surface area (Å²) in [5, 5.41) is 2.81. The maximum atomic E-state index is 11.6. The van der Waals surface area contributed by atoms with Crippen molar-refractivity contribution >= 4 is 24.0 Å². The van der Waals surface area contributed by atoms with Crippen molar-refractivity contribution in [3.63, 3.8) is 0 Å². The van der Waals surface area contributed by atoms with Gasteiger partial charge in [-0.05, 0) is 38.5 Å². The second-order valence-electron chi connectivity index (χ2n) is 4.16. The largest absolute Gasteiger partial charge is 0.492 e. The highest BCUT2D eigenvalue weighted by Gasteiger charge is 2.09. The molecule has 5 heteroatoms. The zero-order valence-electron chi connectivity index (χ0n) is 11.0. The fourth-order valence-corrected chi connectivity index (χ4v) is 1.50. The van der Waals surface area contributed by atoms with E-state index < -0.39 is 0 Å². The molecule has 0 saturated carbocycles. The van der Waals surface area contributed by atoms with Gasteiger partial charge in [0.1, 0.15) is 5.75 Å². The molecule has 0 fully saturated rings. The van der Waals surface area contributed by atoms with E-state index in [-0.39, 0.29) is 24.4 Å². The minimum atomic E-state index is -0.143. The number of carbonyl (C=O) groups is 1. The molecule has 0 aliphatic heterocycles. The highest BCUT2D eigenvalue weighted by molar-refractivity contribution is 5.92. The maximum Gasteiger partial charge on any atom is 0.226 e. The summed E-state index contributed by atoms with van der Waals surface area (Å²) in [6.07, 6.45) is 0.305. The van der Waals surface area contributed by atoms with E-state index in [1.165, 1.54) is 0 Å². The first kappa shape index (κ1) is 16.7. The molecule has 4 nitrogen and oxygen atoms in total. The minimum Gasteiger partial charge on any atom is -0.492 e. The summed E-state index contributed by atoms with van der Waals surface area (Å²) in [6.45, 7) is 6.27. The van der Waals surface area contributed by atoms with Crippen LogP contribution in [0.2, 0.25) is 0 Å². The molecule has 1 rings (SSSR count). The lowest BCUT2D eigenvalue weighted by atomic mass is 10.2. The number of carbonyl (C=O) groups excluding carboxylic acids is 1. The van der Waals surface area contributed by atoms with Crippen LogP contribution in [0.5, 0.6) is 5.75 Å². The van der Waals surface area contributed by atoms with Gasteiger partial charge < -0.3 is 15.8 Å². The molecule has 1 atom stereocenters. The van der Waals surface area contributed by atoms with E-state index in [9.17, 15) is 4.79 Å². The number of halogens is 1. The van der Waals surface area contributed by atoms with Crippen molar-refractivity contribution in [1.29, 1.82) is 0 Å². The van der Waals surface area contributed by atoms with Gasteiger partial charge in [0.15, 0.2) is 0 Å². The van der Waals surface area contributed by atoms with Gasteiger partial charge >= 0.3 is 0 Å². The van der Waals surface area contributed by atoms with Crippen LogP contribution in [0.1, 0.15) is 25.8 Å². The lowest BCUT2D eigenvalue weighted by Gasteiger charge is -2.13. The van der Waals surface area contributed by atoms with E-state index in [0.29, 0.717) is 24.5 Å². The summed E-state index contributed by atoms with van der Waals surface area (Å²) in [5.74, 6) is 0.607. The Morgan fingerprint density at radius 2 is 2.17 bits per heavy atom. The zero-order chi connectivity index (χ0) is 12.8. The first-order valence-corrected chi connectivity index (χ1v) is 5.81. The smallest absolute Gasteiger partial charge is 0.226 e. The van der Waals surface area contributed by atoms with Crippen LogP contribution < -0.4 is 15.8 Å². The van der Waals surface area contributed by atoms with Crippen molar-refractivity contribution in [2.24, 2.45) is 5.73 Å². The second-order valence-corrected chi connectivity index (χ2v) is 4.16. The summed E-state index contributed by atoms with van der Waals surface area (Å²) in [6, 6.07) is 5.55. The molecule has 1 aromatic carbocycles. The lowest BCUT2D eigenvalue weighted by molar-refractivity contribution is -0.116. The van der Waals surface area contributed by atoms with E-state index in [1.54, 1.807) is 6.92 Å². The Labute approximate surface area is 114 Å². The molecule has 102 valence electrons. The Kier molecular flexibility index (Phi) is 7.39. The Morgan fingerprint density at radius 1 is 1.50 bits per heavy atom. The van der Waals surface area contributed by atoms with Gasteiger partial charge in [-0.1, -0.05) is 6.07 Å². The van der Waals surface area contributed by atoms with E-state index in [2.05, 4.69) is 5.32 Å². The van der Waals surface area contributed by atoms with E-state index in [0.717, 1.165) is 5.56 Å². The molecule has 0 radical (unpaired) electrons. The molecule has 0 bridgehead atoms. The summed E-state index contributed by atoms with van der Waals surface area (Å²) >= 11 is 0. The normalized spacial score (nSPS) is 11.3. The van der Waals surface area contributed by atoms with Crippen LogP contribution in [0.4, 0.5) is 5.69 Å². The number of aryl methyl sites for hydroxylation is 1. The predicted molar refractivity (Wildman–Crippen MR) is 76.5 cm³/mol. The third kappa shape index (κ3) is 5.38. The Hall–Kier alpha value is -1.26. The van der Waals surface area contributed by atoms with Gasteiger partial charge in [-0.3, -0.25) is 4.79 Å². The van der Waals surface area contributed by atoms with Gasteiger partial charge in [0.2, 0.25) is 5.91 Å². The second kappa shape index (κ2) is 7.95. The van der Waals surface area contributed by atoms with Crippen molar-refractivity contribution in [2.45, 2.75) is 33.2 Å². The fraction of sp³-hybridized carbons (Fsp3) is 0.462. The highest BCUT2D eigenvalue weighted by Crippen LogP contribution is 2.25. The number of nitrogens with one attached hydrogen (secondary N) is 1. The minimum absolute atomic E-state index is 0. The number of hydrogen-bond donors (Lipinski definition) is 2. The number of rotatable bonds is 5. The topological polar surface area (TPSA) is 64.3 Å². The van der Waals surface area contributed by atoms with Crippen molar-refractivity contribution in [3.05, 3.63) is 23.8 Å². The number of amides is 1. The van der Waals surface area contributed by atoms with Crippen molar-refractivity contribution in [2.75, 3.05) is 11.9 Å². The third-order valence-corrected chi connectivity index (χ3v) is 2.22. The number of hydrogen-bond acceptors (Lipinski definition) is 3. The maximum absolute atomic E-state index is 11.6. The van der Waals surface area contributed by atoms with E-state index >= 15 is 0 Å². The van der Waals surface area contributed by atoms with Crippen LogP contribution in [0.3, 0.4) is 0 Å². The van der Waals surface area contributed by atoms with Gasteiger partial charge in [0.25, 0.3) is 0 Å². The summed E-state index contributed by atoms with van der Waals surface area (Å²) < 4.78 is 5.48. The quantitative estimate of drug-likeness (QED) is 0.866. The molecule has 0 aliphatic carbocycles. The number of benzene rings is 1. The molecule has 1 amide bonds. The van der Waals surface area contributed by atoms with E-state index in [4.69, 9.17) is 10.5 Å². The molecular formula is C13H21ClN2O2. The number of ether oxygens (including phenoxy) is 1. The lowest BCUT2D eigenvalue weighted by Crippen LogP contribution is -2.24. The van der Waals surface area contributed by atoms with Crippen molar-refractivity contribution in [3.8, 4) is 5.75 Å². The monoisotopic (exact) mass is 272 g/mol. The van der Waals surface area contributed by atoms with Gasteiger partial charge in [0, 0.05) is 12.5 Å². The van der Waals surface area contributed by atoms with Crippen molar-refractivity contribution in [1.82, 2.24) is 0 Å². The van der Waals surface area contributed by atoms with Crippen LogP contribution in [-0.4, -0.2) is 18.6 Å². The summed E-state index contributed by atoms with van der Waals surface area (Å²) in [5.41, 5.74) is 7.37. The van der Waals surface area contributed by atoms with Crippen LogP contribution in [-0.2, 0) is 4.79 Å².